The summed E-state index contributed by atoms with van der Waals surface area (Å²) in [7, 11) is 0. The minimum atomic E-state index is -1.80. The number of nitrogens with zero attached hydrogens (tertiary/aromatic N) is 1. The quantitative estimate of drug-likeness (QED) is 0.311. The second kappa shape index (κ2) is 10.9. The van der Waals surface area contributed by atoms with E-state index in [1.807, 2.05) is 0 Å². The van der Waals surface area contributed by atoms with E-state index in [4.69, 9.17) is 15.9 Å². The normalized spacial score (nSPS) is 13.2. The van der Waals surface area contributed by atoms with Crippen molar-refractivity contribution in [1.82, 2.24) is 4.90 Å². The summed E-state index contributed by atoms with van der Waals surface area (Å²) in [6.07, 6.45) is -3.57. The van der Waals surface area contributed by atoms with Crippen LogP contribution in [-0.4, -0.2) is 52.6 Å². The van der Waals surface area contributed by atoms with Gasteiger partial charge in [-0.1, -0.05) is 0 Å². The molecule has 8 nitrogen and oxygen atoms in total. The van der Waals surface area contributed by atoms with E-state index in [2.05, 4.69) is 0 Å². The standard InChI is InChI=1S/C6H12N2O6.2Na/c7-5(13)6(14)8(1-3(9)10)2-4(11)12;;/h5-6,13-14H,1-2,7H2,(H,9,10)(H,11,12);;/q;2*+1/p-2. The summed E-state index contributed by atoms with van der Waals surface area (Å²) >= 11 is 0. The maximum absolute atomic E-state index is 10.1. The number of carbonyl (C=O) groups excluding carboxylic acids is 2. The second-order valence-electron chi connectivity index (χ2n) is 2.55. The van der Waals surface area contributed by atoms with E-state index in [0.29, 0.717) is 4.90 Å². The van der Waals surface area contributed by atoms with Crippen molar-refractivity contribution < 1.29 is 89.1 Å². The van der Waals surface area contributed by atoms with Crippen LogP contribution in [0.1, 0.15) is 0 Å². The molecule has 0 heterocycles. The maximum Gasteiger partial charge on any atom is 1.00 e. The van der Waals surface area contributed by atoms with Gasteiger partial charge in [-0.05, 0) is 0 Å². The molecule has 0 saturated heterocycles. The van der Waals surface area contributed by atoms with Gasteiger partial charge in [0, 0.05) is 13.1 Å². The Labute approximate surface area is 136 Å². The Kier molecular flexibility index (Phi) is 15.0. The maximum atomic E-state index is 10.1. The molecular formula is C6H10N2Na2O6. The third-order valence-corrected chi connectivity index (χ3v) is 1.34. The number of hydrogen-bond donors (Lipinski definition) is 3. The Bertz CT molecular complexity index is 211. The van der Waals surface area contributed by atoms with Crippen LogP contribution in [0.15, 0.2) is 0 Å². The molecule has 82 valence electrons. The Morgan fingerprint density at radius 2 is 1.44 bits per heavy atom. The van der Waals surface area contributed by atoms with Crippen LogP contribution < -0.4 is 75.1 Å². The average Bonchev–Trinajstić information content (AvgIpc) is 1.99. The van der Waals surface area contributed by atoms with E-state index in [1.54, 1.807) is 0 Å². The summed E-state index contributed by atoms with van der Waals surface area (Å²) in [5, 5.41) is 38.0. The van der Waals surface area contributed by atoms with Gasteiger partial charge in [-0.25, -0.2) is 0 Å². The molecule has 2 atom stereocenters. The number of carbonyl (C=O) groups is 2. The van der Waals surface area contributed by atoms with Crippen LogP contribution in [0, 0.1) is 0 Å². The van der Waals surface area contributed by atoms with E-state index >= 15 is 0 Å². The molecule has 0 aliphatic heterocycles. The molecule has 0 fully saturated rings. The van der Waals surface area contributed by atoms with E-state index in [1.165, 1.54) is 0 Å². The predicted octanol–water partition coefficient (Wildman–Crippen LogP) is -11.6. The van der Waals surface area contributed by atoms with Crippen LogP contribution in [0.5, 0.6) is 0 Å². The Morgan fingerprint density at radius 3 is 1.62 bits per heavy atom. The van der Waals surface area contributed by atoms with Crippen LogP contribution in [0.4, 0.5) is 0 Å². The number of carboxylic acids is 2. The van der Waals surface area contributed by atoms with Crippen molar-refractivity contribution in [2.24, 2.45) is 5.73 Å². The zero-order chi connectivity index (χ0) is 11.3. The molecule has 0 aromatic carbocycles. The molecule has 0 aromatic heterocycles. The fourth-order valence-electron chi connectivity index (χ4n) is 0.791. The van der Waals surface area contributed by atoms with Gasteiger partial charge in [0.1, 0.15) is 12.5 Å². The average molecular weight is 252 g/mol. The summed E-state index contributed by atoms with van der Waals surface area (Å²) < 4.78 is 0. The Hall–Kier alpha value is 0.780. The van der Waals surface area contributed by atoms with Crippen molar-refractivity contribution in [2.75, 3.05) is 13.1 Å². The fourth-order valence-corrected chi connectivity index (χ4v) is 0.791. The zero-order valence-electron chi connectivity index (χ0n) is 9.12. The monoisotopic (exact) mass is 252 g/mol. The van der Waals surface area contributed by atoms with Gasteiger partial charge in [0.15, 0.2) is 0 Å². The number of rotatable bonds is 6. The van der Waals surface area contributed by atoms with Crippen LogP contribution in [0.2, 0.25) is 0 Å². The smallest absolute Gasteiger partial charge is 0.549 e. The summed E-state index contributed by atoms with van der Waals surface area (Å²) in [6.45, 7) is -1.74. The van der Waals surface area contributed by atoms with Gasteiger partial charge < -0.3 is 35.7 Å². The van der Waals surface area contributed by atoms with Gasteiger partial charge >= 0.3 is 59.1 Å². The van der Waals surface area contributed by atoms with Crippen molar-refractivity contribution in [2.45, 2.75) is 12.5 Å². The molecule has 0 rings (SSSR count). The molecule has 0 aliphatic carbocycles. The van der Waals surface area contributed by atoms with Crippen molar-refractivity contribution >= 4 is 11.9 Å². The number of aliphatic hydroxyl groups is 2. The molecule has 0 saturated carbocycles. The van der Waals surface area contributed by atoms with Gasteiger partial charge in [0.05, 0.1) is 11.9 Å². The van der Waals surface area contributed by atoms with Crippen LogP contribution in [0.25, 0.3) is 0 Å². The first-order valence-corrected chi connectivity index (χ1v) is 3.60. The third-order valence-electron chi connectivity index (χ3n) is 1.34. The van der Waals surface area contributed by atoms with Crippen LogP contribution in [-0.2, 0) is 9.59 Å². The van der Waals surface area contributed by atoms with Gasteiger partial charge in [-0.15, -0.1) is 0 Å². The van der Waals surface area contributed by atoms with Crippen molar-refractivity contribution in [3.63, 3.8) is 0 Å². The molecule has 0 radical (unpaired) electrons. The zero-order valence-corrected chi connectivity index (χ0v) is 13.1. The number of nitrogens with two attached hydrogens (primary N) is 1. The number of hydrogen-bond acceptors (Lipinski definition) is 8. The fraction of sp³-hybridized carbons (Fsp3) is 0.667. The minimum Gasteiger partial charge on any atom is -0.549 e. The van der Waals surface area contributed by atoms with E-state index in [-0.39, 0.29) is 59.1 Å². The molecule has 4 N–H and O–H groups in total. The first kappa shape index (κ1) is 22.0. The SMILES string of the molecule is NC(O)C(O)N(CC(=O)[O-])CC(=O)[O-].[Na+].[Na+]. The molecule has 0 spiro atoms. The number of aliphatic hydroxyl groups excluding tert-OH is 2. The van der Waals surface area contributed by atoms with E-state index < -0.39 is 37.5 Å². The Balaban J connectivity index is -0.000000845. The van der Waals surface area contributed by atoms with Gasteiger partial charge in [-0.3, -0.25) is 4.90 Å². The minimum absolute atomic E-state index is 0. The molecule has 0 aromatic rings. The van der Waals surface area contributed by atoms with Crippen LogP contribution >= 0.6 is 0 Å². The topological polar surface area (TPSA) is 150 Å². The number of aliphatic carboxylic acids is 2. The summed E-state index contributed by atoms with van der Waals surface area (Å²) in [6, 6.07) is 0. The van der Waals surface area contributed by atoms with Gasteiger partial charge in [-0.2, -0.15) is 0 Å². The first-order valence-electron chi connectivity index (χ1n) is 3.60. The predicted molar refractivity (Wildman–Crippen MR) is 37.8 cm³/mol. The summed E-state index contributed by atoms with van der Waals surface area (Å²) in [5.74, 6) is -3.21. The van der Waals surface area contributed by atoms with Crippen LogP contribution in [0.3, 0.4) is 0 Å². The molecule has 0 aliphatic rings. The molecular weight excluding hydrogens is 242 g/mol. The van der Waals surface area contributed by atoms with Crippen molar-refractivity contribution in [3.05, 3.63) is 0 Å². The largest absolute Gasteiger partial charge is 1.00 e. The first-order chi connectivity index (χ1) is 6.34. The van der Waals surface area contributed by atoms with E-state index in [0.717, 1.165) is 0 Å². The molecule has 2 unspecified atom stereocenters. The molecule has 0 bridgehead atoms. The van der Waals surface area contributed by atoms with Gasteiger partial charge in [0.25, 0.3) is 0 Å². The third kappa shape index (κ3) is 9.97. The number of carboxylic acid groups (broad SMARTS) is 2. The second-order valence-corrected chi connectivity index (χ2v) is 2.55. The molecule has 0 amide bonds. The summed E-state index contributed by atoms with van der Waals surface area (Å²) in [4.78, 5) is 20.7. The van der Waals surface area contributed by atoms with Crippen molar-refractivity contribution in [3.8, 4) is 0 Å². The van der Waals surface area contributed by atoms with Crippen molar-refractivity contribution in [1.29, 1.82) is 0 Å². The van der Waals surface area contributed by atoms with E-state index in [9.17, 15) is 19.8 Å². The summed E-state index contributed by atoms with van der Waals surface area (Å²) in [5.41, 5.74) is 4.83. The molecule has 16 heavy (non-hydrogen) atoms. The molecule has 10 heteroatoms. The van der Waals surface area contributed by atoms with Gasteiger partial charge in [0.2, 0.25) is 0 Å². The Morgan fingerprint density at radius 1 is 1.12 bits per heavy atom.